The molecule has 140 valence electrons. The summed E-state index contributed by atoms with van der Waals surface area (Å²) in [7, 11) is 3.93. The van der Waals surface area contributed by atoms with Crippen molar-refractivity contribution in [3.05, 3.63) is 72.6 Å². The Kier molecular flexibility index (Phi) is 6.32. The third-order valence-corrected chi connectivity index (χ3v) is 5.50. The summed E-state index contributed by atoms with van der Waals surface area (Å²) in [6.45, 7) is 2.83. The number of aryl methyl sites for hydroxylation is 1. The monoisotopic (exact) mass is 380 g/mol. The highest BCUT2D eigenvalue weighted by Crippen LogP contribution is 2.27. The zero-order valence-corrected chi connectivity index (χ0v) is 16.6. The lowest BCUT2D eigenvalue weighted by Crippen LogP contribution is -2.34. The number of likely N-dealkylation sites (N-methyl/N-ethyl adjacent to an activating group) is 1. The minimum atomic E-state index is -0.321. The Bertz CT molecular complexity index is 877. The summed E-state index contributed by atoms with van der Waals surface area (Å²) < 4.78 is 1.98. The van der Waals surface area contributed by atoms with Crippen molar-refractivity contribution in [2.75, 3.05) is 18.9 Å². The molecular weight excluding hydrogens is 356 g/mol. The summed E-state index contributed by atoms with van der Waals surface area (Å²) in [5.74, 6) is -0.0324. The van der Waals surface area contributed by atoms with Gasteiger partial charge in [0.1, 0.15) is 6.04 Å². The summed E-state index contributed by atoms with van der Waals surface area (Å²) in [5.41, 5.74) is 1.77. The second kappa shape index (κ2) is 8.88. The molecule has 0 radical (unpaired) electrons. The highest BCUT2D eigenvalue weighted by atomic mass is 32.2. The van der Waals surface area contributed by atoms with Crippen LogP contribution in [0.1, 0.15) is 18.5 Å². The van der Waals surface area contributed by atoms with Gasteiger partial charge in [-0.3, -0.25) is 9.69 Å². The SMILES string of the molecule is CCN(C)C(C(=O)Nc1ccc(Sc2nccn2C)cc1)c1ccccc1. The van der Waals surface area contributed by atoms with E-state index >= 15 is 0 Å². The molecule has 0 spiro atoms. The standard InChI is InChI=1S/C21H24N4OS/c1-4-24(2)19(16-8-6-5-7-9-16)20(26)23-17-10-12-18(13-11-17)27-21-22-14-15-25(21)3/h5-15,19H,4H2,1-3H3,(H,23,26). The van der Waals surface area contributed by atoms with Crippen LogP contribution >= 0.6 is 11.8 Å². The first-order chi connectivity index (χ1) is 13.1. The first-order valence-electron chi connectivity index (χ1n) is 8.89. The van der Waals surface area contributed by atoms with Gasteiger partial charge in [0.05, 0.1) is 0 Å². The van der Waals surface area contributed by atoms with Crippen molar-refractivity contribution in [2.24, 2.45) is 7.05 Å². The van der Waals surface area contributed by atoms with E-state index < -0.39 is 0 Å². The number of carbonyl (C=O) groups excluding carboxylic acids is 1. The lowest BCUT2D eigenvalue weighted by molar-refractivity contribution is -0.121. The molecule has 1 heterocycles. The summed E-state index contributed by atoms with van der Waals surface area (Å²) in [5, 5.41) is 3.97. The van der Waals surface area contributed by atoms with Crippen LogP contribution in [0, 0.1) is 0 Å². The fourth-order valence-corrected chi connectivity index (χ4v) is 3.60. The fraction of sp³-hybridized carbons (Fsp3) is 0.238. The Balaban J connectivity index is 1.71. The molecule has 0 fully saturated rings. The lowest BCUT2D eigenvalue weighted by atomic mass is 10.0. The molecule has 5 nitrogen and oxygen atoms in total. The number of aromatic nitrogens is 2. The zero-order chi connectivity index (χ0) is 19.2. The van der Waals surface area contributed by atoms with Gasteiger partial charge in [0.15, 0.2) is 5.16 Å². The molecule has 0 aliphatic rings. The Morgan fingerprint density at radius 1 is 1.19 bits per heavy atom. The topological polar surface area (TPSA) is 50.2 Å². The number of amides is 1. The average Bonchev–Trinajstić information content (AvgIpc) is 3.09. The third kappa shape index (κ3) is 4.78. The maximum atomic E-state index is 12.9. The molecule has 3 rings (SSSR count). The Morgan fingerprint density at radius 2 is 1.89 bits per heavy atom. The van der Waals surface area contributed by atoms with E-state index in [2.05, 4.69) is 10.3 Å². The van der Waals surface area contributed by atoms with Crippen LogP contribution in [0.25, 0.3) is 0 Å². The van der Waals surface area contributed by atoms with Gasteiger partial charge in [0, 0.05) is 30.0 Å². The number of hydrogen-bond donors (Lipinski definition) is 1. The Morgan fingerprint density at radius 3 is 2.48 bits per heavy atom. The molecule has 0 aliphatic carbocycles. The highest BCUT2D eigenvalue weighted by Gasteiger charge is 2.24. The van der Waals surface area contributed by atoms with Gasteiger partial charge in [-0.1, -0.05) is 49.0 Å². The molecule has 0 bridgehead atoms. The van der Waals surface area contributed by atoms with Gasteiger partial charge in [-0.2, -0.15) is 0 Å². The predicted molar refractivity (Wildman–Crippen MR) is 110 cm³/mol. The van der Waals surface area contributed by atoms with E-state index in [4.69, 9.17) is 0 Å². The fourth-order valence-electron chi connectivity index (χ4n) is 2.80. The molecule has 1 unspecified atom stereocenters. The van der Waals surface area contributed by atoms with Crippen molar-refractivity contribution >= 4 is 23.4 Å². The normalized spacial score (nSPS) is 12.1. The van der Waals surface area contributed by atoms with Crippen LogP contribution < -0.4 is 5.32 Å². The molecule has 1 amide bonds. The van der Waals surface area contributed by atoms with E-state index in [1.54, 1.807) is 18.0 Å². The van der Waals surface area contributed by atoms with Crippen LogP contribution in [0.3, 0.4) is 0 Å². The summed E-state index contributed by atoms with van der Waals surface area (Å²) in [4.78, 5) is 20.4. The number of nitrogens with one attached hydrogen (secondary N) is 1. The van der Waals surface area contributed by atoms with Crippen LogP contribution in [-0.4, -0.2) is 34.0 Å². The molecule has 27 heavy (non-hydrogen) atoms. The van der Waals surface area contributed by atoms with E-state index in [1.807, 2.05) is 91.3 Å². The number of benzene rings is 2. The van der Waals surface area contributed by atoms with Gasteiger partial charge in [-0.05, 0) is 43.4 Å². The molecule has 0 saturated carbocycles. The summed E-state index contributed by atoms with van der Waals surface area (Å²) >= 11 is 1.59. The third-order valence-electron chi connectivity index (χ3n) is 4.41. The van der Waals surface area contributed by atoms with Gasteiger partial charge in [-0.25, -0.2) is 4.98 Å². The van der Waals surface area contributed by atoms with Gasteiger partial charge in [-0.15, -0.1) is 0 Å². The van der Waals surface area contributed by atoms with Crippen LogP contribution in [0.2, 0.25) is 0 Å². The van der Waals surface area contributed by atoms with E-state index in [0.29, 0.717) is 0 Å². The Labute approximate surface area is 164 Å². The summed E-state index contributed by atoms with van der Waals surface area (Å²) in [6, 6.07) is 17.4. The molecule has 1 atom stereocenters. The minimum Gasteiger partial charge on any atom is -0.329 e. The van der Waals surface area contributed by atoms with Gasteiger partial charge < -0.3 is 9.88 Å². The second-order valence-corrected chi connectivity index (χ2v) is 7.36. The van der Waals surface area contributed by atoms with Gasteiger partial charge in [0.25, 0.3) is 0 Å². The quantitative estimate of drug-likeness (QED) is 0.667. The summed E-state index contributed by atoms with van der Waals surface area (Å²) in [6.07, 6.45) is 3.70. The largest absolute Gasteiger partial charge is 0.329 e. The number of hydrogen-bond acceptors (Lipinski definition) is 4. The first-order valence-corrected chi connectivity index (χ1v) is 9.71. The lowest BCUT2D eigenvalue weighted by Gasteiger charge is -2.26. The van der Waals surface area contributed by atoms with Gasteiger partial charge in [0.2, 0.25) is 5.91 Å². The number of nitrogens with zero attached hydrogens (tertiary/aromatic N) is 3. The first kappa shape index (κ1) is 19.2. The smallest absolute Gasteiger partial charge is 0.246 e. The van der Waals surface area contributed by atoms with Crippen molar-refractivity contribution in [1.29, 1.82) is 0 Å². The van der Waals surface area contributed by atoms with Gasteiger partial charge >= 0.3 is 0 Å². The van der Waals surface area contributed by atoms with Crippen molar-refractivity contribution < 1.29 is 4.79 Å². The van der Waals surface area contributed by atoms with E-state index in [1.165, 1.54) is 0 Å². The van der Waals surface area contributed by atoms with Crippen LogP contribution in [-0.2, 0) is 11.8 Å². The van der Waals surface area contributed by atoms with E-state index in [0.717, 1.165) is 27.8 Å². The van der Waals surface area contributed by atoms with Crippen LogP contribution in [0.5, 0.6) is 0 Å². The predicted octanol–water partition coefficient (Wildman–Crippen LogP) is 4.20. The second-order valence-electron chi connectivity index (χ2n) is 6.32. The number of imidazole rings is 1. The molecule has 1 N–H and O–H groups in total. The number of rotatable bonds is 7. The highest BCUT2D eigenvalue weighted by molar-refractivity contribution is 7.99. The maximum absolute atomic E-state index is 12.9. The zero-order valence-electron chi connectivity index (χ0n) is 15.8. The van der Waals surface area contributed by atoms with Crippen molar-refractivity contribution in [3.63, 3.8) is 0 Å². The molecule has 1 aromatic heterocycles. The molecular formula is C21H24N4OS. The Hall–Kier alpha value is -2.57. The van der Waals surface area contributed by atoms with Crippen LogP contribution in [0.15, 0.2) is 77.0 Å². The molecule has 6 heteroatoms. The molecule has 0 saturated heterocycles. The molecule has 2 aromatic carbocycles. The average molecular weight is 381 g/mol. The molecule has 0 aliphatic heterocycles. The number of anilines is 1. The van der Waals surface area contributed by atoms with Crippen molar-refractivity contribution in [2.45, 2.75) is 23.0 Å². The van der Waals surface area contributed by atoms with Crippen molar-refractivity contribution in [3.8, 4) is 0 Å². The maximum Gasteiger partial charge on any atom is 0.246 e. The molecule has 3 aromatic rings. The number of carbonyl (C=O) groups is 1. The van der Waals surface area contributed by atoms with E-state index in [-0.39, 0.29) is 11.9 Å². The van der Waals surface area contributed by atoms with E-state index in [9.17, 15) is 4.79 Å². The van der Waals surface area contributed by atoms with Crippen molar-refractivity contribution in [1.82, 2.24) is 14.5 Å². The van der Waals surface area contributed by atoms with Crippen LogP contribution in [0.4, 0.5) is 5.69 Å². The minimum absolute atomic E-state index is 0.0324.